The number of benzene rings is 10. The molecule has 0 unspecified atom stereocenters. The van der Waals surface area contributed by atoms with Gasteiger partial charge in [0.05, 0.1) is 72.4 Å². The molecule has 81 heavy (non-hydrogen) atoms. The first-order valence-corrected chi connectivity index (χ1v) is 28.0. The van der Waals surface area contributed by atoms with E-state index >= 15 is 0 Å². The summed E-state index contributed by atoms with van der Waals surface area (Å²) in [4.78, 5) is 10.5. The lowest BCUT2D eigenvalue weighted by molar-refractivity contribution is 0.619. The average Bonchev–Trinajstić information content (AvgIpc) is 3.33. The summed E-state index contributed by atoms with van der Waals surface area (Å²) in [5.41, 5.74) is 26.4. The van der Waals surface area contributed by atoms with E-state index in [1.165, 1.54) is 87.6 Å². The standard InChI is InChI=1S/C74H56N6O/c1-41-13-21-59-50(33-41)51-34-42(2)14-22-60(51)77(59)70-68(49-29-31-75-32-30-49)71(78-61-23-15-43(3)35-52(61)53-36-44(4)16-24-62(53)78)73(80-65-27-19-47(7)39-56(65)57-40-48(8)20-28-66(57)80)69(74-76-58-11-9-10-12-67(58)81-74)72(70)79-63-25-17-45(5)37-54(63)55-38-46(6)18-26-64(55)79/h9-40H,1-8H3. The maximum Gasteiger partial charge on any atom is 0.231 e. The van der Waals surface area contributed by atoms with Gasteiger partial charge in [0, 0.05) is 61.0 Å². The Morgan fingerprint density at radius 2 is 0.568 bits per heavy atom. The number of rotatable bonds is 6. The molecule has 0 N–H and O–H groups in total. The zero-order valence-electron chi connectivity index (χ0n) is 46.6. The van der Waals surface area contributed by atoms with Crippen LogP contribution in [-0.4, -0.2) is 28.2 Å². The van der Waals surface area contributed by atoms with Crippen LogP contribution >= 0.6 is 0 Å². The van der Waals surface area contributed by atoms with E-state index < -0.39 is 0 Å². The molecular formula is C74H56N6O. The zero-order valence-corrected chi connectivity index (χ0v) is 46.6. The summed E-state index contributed by atoms with van der Waals surface area (Å²) < 4.78 is 17.7. The molecule has 388 valence electrons. The fraction of sp³-hybridized carbons (Fsp3) is 0.108. The van der Waals surface area contributed by atoms with Gasteiger partial charge in [-0.3, -0.25) is 4.98 Å². The van der Waals surface area contributed by atoms with E-state index in [-0.39, 0.29) is 0 Å². The Bertz CT molecular complexity index is 4840. The molecule has 0 aliphatic rings. The minimum atomic E-state index is 0.508. The molecule has 0 aliphatic carbocycles. The molecule has 0 spiro atoms. The molecule has 6 heterocycles. The van der Waals surface area contributed by atoms with Crippen molar-refractivity contribution in [1.29, 1.82) is 0 Å². The molecule has 7 heteroatoms. The highest BCUT2D eigenvalue weighted by atomic mass is 16.3. The minimum absolute atomic E-state index is 0.508. The number of hydrogen-bond donors (Lipinski definition) is 0. The van der Waals surface area contributed by atoms with E-state index in [1.807, 2.05) is 24.5 Å². The fourth-order valence-electron chi connectivity index (χ4n) is 13.5. The summed E-state index contributed by atoms with van der Waals surface area (Å²) in [5.74, 6) is 0.508. The second-order valence-corrected chi connectivity index (χ2v) is 22.9. The molecule has 0 amide bonds. The molecule has 6 aromatic heterocycles. The van der Waals surface area contributed by atoms with Crippen molar-refractivity contribution in [3.05, 3.63) is 239 Å². The van der Waals surface area contributed by atoms with Crippen molar-refractivity contribution in [3.8, 4) is 45.3 Å². The van der Waals surface area contributed by atoms with E-state index in [1.54, 1.807) is 0 Å². The van der Waals surface area contributed by atoms with Gasteiger partial charge < -0.3 is 22.7 Å². The van der Waals surface area contributed by atoms with Crippen molar-refractivity contribution in [2.75, 3.05) is 0 Å². The summed E-state index contributed by atoms with van der Waals surface area (Å²) in [6.07, 6.45) is 3.90. The Labute approximate surface area is 468 Å². The zero-order chi connectivity index (χ0) is 54.7. The Balaban J connectivity index is 1.31. The number of oxazole rings is 1. The molecule has 16 rings (SSSR count). The van der Waals surface area contributed by atoms with Crippen molar-refractivity contribution in [2.45, 2.75) is 55.4 Å². The summed E-state index contributed by atoms with van der Waals surface area (Å²) in [5, 5.41) is 9.40. The van der Waals surface area contributed by atoms with Crippen LogP contribution in [0.5, 0.6) is 0 Å². The fourth-order valence-corrected chi connectivity index (χ4v) is 13.5. The van der Waals surface area contributed by atoms with Crippen molar-refractivity contribution in [1.82, 2.24) is 28.2 Å². The van der Waals surface area contributed by atoms with Gasteiger partial charge in [0.15, 0.2) is 5.58 Å². The Hall–Kier alpha value is -9.98. The molecular weight excluding hydrogens is 989 g/mol. The highest BCUT2D eigenvalue weighted by molar-refractivity contribution is 6.19. The van der Waals surface area contributed by atoms with Gasteiger partial charge in [0.2, 0.25) is 5.89 Å². The van der Waals surface area contributed by atoms with Crippen LogP contribution in [0.3, 0.4) is 0 Å². The quantitative estimate of drug-likeness (QED) is 0.167. The second-order valence-electron chi connectivity index (χ2n) is 22.9. The van der Waals surface area contributed by atoms with Crippen molar-refractivity contribution < 1.29 is 4.42 Å². The summed E-state index contributed by atoms with van der Waals surface area (Å²) >= 11 is 0. The van der Waals surface area contributed by atoms with Crippen molar-refractivity contribution >= 4 is 98.3 Å². The van der Waals surface area contributed by atoms with Crippen LogP contribution < -0.4 is 0 Å². The van der Waals surface area contributed by atoms with Gasteiger partial charge >= 0.3 is 0 Å². The molecule has 0 aliphatic heterocycles. The summed E-state index contributed by atoms with van der Waals surface area (Å²) in [7, 11) is 0. The molecule has 0 saturated heterocycles. The molecule has 0 saturated carbocycles. The minimum Gasteiger partial charge on any atom is -0.436 e. The highest BCUT2D eigenvalue weighted by Gasteiger charge is 2.37. The van der Waals surface area contributed by atoms with Gasteiger partial charge in [-0.2, -0.15) is 0 Å². The van der Waals surface area contributed by atoms with Crippen LogP contribution in [0.25, 0.3) is 144 Å². The van der Waals surface area contributed by atoms with Crippen LogP contribution in [0, 0.1) is 55.4 Å². The third-order valence-electron chi connectivity index (χ3n) is 17.1. The van der Waals surface area contributed by atoms with Gasteiger partial charge in [-0.1, -0.05) is 105 Å². The molecule has 0 atom stereocenters. The normalized spacial score (nSPS) is 12.2. The van der Waals surface area contributed by atoms with Gasteiger partial charge in [-0.25, -0.2) is 4.98 Å². The number of aromatic nitrogens is 6. The third kappa shape index (κ3) is 6.88. The van der Waals surface area contributed by atoms with Gasteiger partial charge in [-0.05, 0) is 182 Å². The number of nitrogens with zero attached hydrogens (tertiary/aromatic N) is 6. The monoisotopic (exact) mass is 1040 g/mol. The number of aryl methyl sites for hydroxylation is 8. The molecule has 10 aromatic carbocycles. The predicted octanol–water partition coefficient (Wildman–Crippen LogP) is 19.4. The van der Waals surface area contributed by atoms with Crippen LogP contribution in [0.2, 0.25) is 0 Å². The van der Waals surface area contributed by atoms with Crippen LogP contribution in [0.15, 0.2) is 199 Å². The van der Waals surface area contributed by atoms with Crippen LogP contribution in [0.4, 0.5) is 0 Å². The van der Waals surface area contributed by atoms with Gasteiger partial charge in [-0.15, -0.1) is 0 Å². The largest absolute Gasteiger partial charge is 0.436 e. The lowest BCUT2D eigenvalue weighted by Gasteiger charge is -2.30. The average molecular weight is 1050 g/mol. The molecule has 0 bridgehead atoms. The number of fused-ring (bicyclic) bond motifs is 13. The molecule has 0 radical (unpaired) electrons. The second kappa shape index (κ2) is 17.3. The number of pyridine rings is 1. The predicted molar refractivity (Wildman–Crippen MR) is 338 cm³/mol. The molecule has 16 aromatic rings. The van der Waals surface area contributed by atoms with Crippen LogP contribution in [0.1, 0.15) is 44.5 Å². The maximum absolute atomic E-state index is 7.49. The first kappa shape index (κ1) is 47.1. The van der Waals surface area contributed by atoms with Crippen molar-refractivity contribution in [2.24, 2.45) is 0 Å². The highest BCUT2D eigenvalue weighted by Crippen LogP contribution is 2.55. The van der Waals surface area contributed by atoms with E-state index in [0.717, 1.165) is 89.1 Å². The van der Waals surface area contributed by atoms with E-state index in [2.05, 4.69) is 244 Å². The number of para-hydroxylation sites is 2. The lowest BCUT2D eigenvalue weighted by Crippen LogP contribution is -2.16. The Morgan fingerprint density at radius 1 is 0.296 bits per heavy atom. The first-order chi connectivity index (χ1) is 39.4. The van der Waals surface area contributed by atoms with Crippen molar-refractivity contribution in [3.63, 3.8) is 0 Å². The van der Waals surface area contributed by atoms with Gasteiger partial charge in [0.1, 0.15) is 5.52 Å². The van der Waals surface area contributed by atoms with E-state index in [4.69, 9.17) is 14.4 Å². The first-order valence-electron chi connectivity index (χ1n) is 28.0. The maximum atomic E-state index is 7.49. The van der Waals surface area contributed by atoms with Gasteiger partial charge in [0.25, 0.3) is 0 Å². The Kier molecular flexibility index (Phi) is 10.0. The summed E-state index contributed by atoms with van der Waals surface area (Å²) in [6, 6.07) is 68.2. The summed E-state index contributed by atoms with van der Waals surface area (Å²) in [6.45, 7) is 17.6. The molecule has 0 fully saturated rings. The topological polar surface area (TPSA) is 58.6 Å². The SMILES string of the molecule is Cc1ccc2c(c1)c1cc(C)ccc1n2-c1c(-c2ccncc2)c(-n2c3ccc(C)cc3c3cc(C)ccc32)c(-n2c3ccc(C)cc3c3cc(C)ccc32)c(-c2nc3ccccc3o2)c1-n1c2ccc(C)cc2c2cc(C)ccc21. The van der Waals surface area contributed by atoms with E-state index in [9.17, 15) is 0 Å². The van der Waals surface area contributed by atoms with E-state index in [0.29, 0.717) is 11.5 Å². The Morgan fingerprint density at radius 3 is 0.852 bits per heavy atom. The van der Waals surface area contributed by atoms with Crippen LogP contribution in [-0.2, 0) is 0 Å². The third-order valence-corrected chi connectivity index (χ3v) is 17.1. The lowest BCUT2D eigenvalue weighted by atomic mass is 9.93. The number of hydrogen-bond acceptors (Lipinski definition) is 3. The molecule has 7 nitrogen and oxygen atoms in total. The smallest absolute Gasteiger partial charge is 0.231 e.